The van der Waals surface area contributed by atoms with Crippen molar-refractivity contribution in [3.8, 4) is 0 Å². The van der Waals surface area contributed by atoms with Gasteiger partial charge in [0.2, 0.25) is 0 Å². The van der Waals surface area contributed by atoms with E-state index in [1.165, 1.54) is 11.5 Å². The number of nitrogen functional groups attached to an aromatic ring is 1. The van der Waals surface area contributed by atoms with Crippen LogP contribution in [0.25, 0.3) is 0 Å². The van der Waals surface area contributed by atoms with Gasteiger partial charge in [-0.05, 0) is 17.6 Å². The van der Waals surface area contributed by atoms with Crippen molar-refractivity contribution in [3.05, 3.63) is 23.3 Å². The van der Waals surface area contributed by atoms with E-state index in [-0.39, 0.29) is 0 Å². The Bertz CT molecular complexity index is 352. The fraction of sp³-hybridized carbons (Fsp3) is 0.167. The van der Waals surface area contributed by atoms with E-state index in [0.29, 0.717) is 12.4 Å². The van der Waals surface area contributed by atoms with Gasteiger partial charge in [0.25, 0.3) is 0 Å². The highest BCUT2D eigenvalue weighted by Crippen LogP contribution is 2.04. The molecule has 2 aromatic rings. The van der Waals surface area contributed by atoms with Crippen molar-refractivity contribution in [1.82, 2.24) is 19.4 Å². The number of anilines is 1. The molecule has 0 radical (unpaired) electrons. The van der Waals surface area contributed by atoms with E-state index in [1.807, 2.05) is 5.38 Å². The van der Waals surface area contributed by atoms with Crippen molar-refractivity contribution in [2.75, 3.05) is 5.73 Å². The zero-order chi connectivity index (χ0) is 8.39. The standard InChI is InChI=1S/C6H7N5S/c7-6-1-2-8-11(6)3-5-4-12-10-9-5/h1-2,4H,3,7H2. The van der Waals surface area contributed by atoms with Crippen LogP contribution in [0.3, 0.4) is 0 Å². The molecule has 0 fully saturated rings. The van der Waals surface area contributed by atoms with Crippen molar-refractivity contribution in [1.29, 1.82) is 0 Å². The van der Waals surface area contributed by atoms with Crippen LogP contribution in [0.5, 0.6) is 0 Å². The number of hydrogen-bond donors (Lipinski definition) is 1. The van der Waals surface area contributed by atoms with Gasteiger partial charge in [-0.15, -0.1) is 5.10 Å². The van der Waals surface area contributed by atoms with E-state index >= 15 is 0 Å². The zero-order valence-electron chi connectivity index (χ0n) is 6.21. The van der Waals surface area contributed by atoms with Gasteiger partial charge in [0, 0.05) is 5.38 Å². The van der Waals surface area contributed by atoms with Crippen LogP contribution in [0.15, 0.2) is 17.6 Å². The van der Waals surface area contributed by atoms with E-state index < -0.39 is 0 Å². The molecule has 5 nitrogen and oxygen atoms in total. The predicted octanol–water partition coefficient (Wildman–Crippen LogP) is 0.365. The molecule has 6 heteroatoms. The minimum atomic E-state index is 0.593. The summed E-state index contributed by atoms with van der Waals surface area (Å²) in [5, 5.41) is 9.78. The number of hydrogen-bond acceptors (Lipinski definition) is 5. The molecule has 0 aliphatic rings. The second-order valence-electron chi connectivity index (χ2n) is 2.31. The van der Waals surface area contributed by atoms with Crippen molar-refractivity contribution in [2.45, 2.75) is 6.54 Å². The van der Waals surface area contributed by atoms with Crippen molar-refractivity contribution < 1.29 is 0 Å². The van der Waals surface area contributed by atoms with Crippen molar-refractivity contribution in [2.24, 2.45) is 0 Å². The summed E-state index contributed by atoms with van der Waals surface area (Å²) in [6.45, 7) is 0.593. The molecule has 0 saturated heterocycles. The molecule has 2 rings (SSSR count). The number of nitrogens with zero attached hydrogens (tertiary/aromatic N) is 4. The fourth-order valence-electron chi connectivity index (χ4n) is 0.881. The van der Waals surface area contributed by atoms with Gasteiger partial charge >= 0.3 is 0 Å². The molecular formula is C6H7N5S. The molecule has 2 N–H and O–H groups in total. The molecule has 0 amide bonds. The van der Waals surface area contributed by atoms with E-state index in [2.05, 4.69) is 14.7 Å². The highest BCUT2D eigenvalue weighted by Gasteiger charge is 2.00. The van der Waals surface area contributed by atoms with Crippen LogP contribution in [-0.4, -0.2) is 19.4 Å². The fourth-order valence-corrected chi connectivity index (χ4v) is 1.32. The Balaban J connectivity index is 2.20. The molecule has 0 spiro atoms. The minimum Gasteiger partial charge on any atom is -0.384 e. The zero-order valence-corrected chi connectivity index (χ0v) is 7.03. The Hall–Kier alpha value is -1.43. The highest BCUT2D eigenvalue weighted by molar-refractivity contribution is 7.03. The Labute approximate surface area is 73.0 Å². The first-order valence-corrected chi connectivity index (χ1v) is 4.23. The summed E-state index contributed by atoms with van der Waals surface area (Å²) < 4.78 is 5.42. The SMILES string of the molecule is Nc1ccnn1Cc1csnn1. The second-order valence-corrected chi connectivity index (χ2v) is 2.92. The molecule has 0 aliphatic carbocycles. The van der Waals surface area contributed by atoms with Gasteiger partial charge in [0.15, 0.2) is 0 Å². The molecule has 2 aromatic heterocycles. The lowest BCUT2D eigenvalue weighted by atomic mass is 10.5. The Morgan fingerprint density at radius 3 is 3.08 bits per heavy atom. The van der Waals surface area contributed by atoms with E-state index in [1.54, 1.807) is 16.9 Å². The maximum absolute atomic E-state index is 5.61. The lowest BCUT2D eigenvalue weighted by Gasteiger charge is -1.98. The molecule has 0 bridgehead atoms. The Morgan fingerprint density at radius 1 is 1.58 bits per heavy atom. The van der Waals surface area contributed by atoms with Crippen molar-refractivity contribution >= 4 is 17.4 Å². The van der Waals surface area contributed by atoms with Gasteiger partial charge in [0.1, 0.15) is 5.82 Å². The second kappa shape index (κ2) is 2.90. The third kappa shape index (κ3) is 1.28. The summed E-state index contributed by atoms with van der Waals surface area (Å²) in [7, 11) is 0. The summed E-state index contributed by atoms with van der Waals surface area (Å²) in [6, 6.07) is 1.75. The third-order valence-electron chi connectivity index (χ3n) is 1.47. The molecule has 2 heterocycles. The smallest absolute Gasteiger partial charge is 0.122 e. The average Bonchev–Trinajstić information content (AvgIpc) is 2.65. The third-order valence-corrected chi connectivity index (χ3v) is 2.02. The van der Waals surface area contributed by atoms with Gasteiger partial charge in [0.05, 0.1) is 18.4 Å². The van der Waals surface area contributed by atoms with Crippen LogP contribution in [0.4, 0.5) is 5.82 Å². The molecule has 0 aromatic carbocycles. The topological polar surface area (TPSA) is 69.6 Å². The van der Waals surface area contributed by atoms with Gasteiger partial charge in [-0.2, -0.15) is 5.10 Å². The average molecular weight is 181 g/mol. The maximum Gasteiger partial charge on any atom is 0.122 e. The molecule has 62 valence electrons. The molecule has 0 aliphatic heterocycles. The van der Waals surface area contributed by atoms with Crippen LogP contribution < -0.4 is 5.73 Å². The minimum absolute atomic E-state index is 0.593. The number of aromatic nitrogens is 4. The molecule has 0 atom stereocenters. The quantitative estimate of drug-likeness (QED) is 0.726. The number of rotatable bonds is 2. The van der Waals surface area contributed by atoms with Crippen LogP contribution in [0.2, 0.25) is 0 Å². The Morgan fingerprint density at radius 2 is 2.50 bits per heavy atom. The summed E-state index contributed by atoms with van der Waals surface area (Å²) in [5.41, 5.74) is 6.50. The summed E-state index contributed by atoms with van der Waals surface area (Å²) in [5.74, 6) is 0.642. The van der Waals surface area contributed by atoms with Gasteiger partial charge in [-0.3, -0.25) is 0 Å². The van der Waals surface area contributed by atoms with Gasteiger partial charge in [-0.1, -0.05) is 4.49 Å². The lowest BCUT2D eigenvalue weighted by Crippen LogP contribution is -2.05. The summed E-state index contributed by atoms with van der Waals surface area (Å²) >= 11 is 1.32. The molecule has 12 heavy (non-hydrogen) atoms. The Kier molecular flexibility index (Phi) is 1.75. The van der Waals surface area contributed by atoms with Crippen molar-refractivity contribution in [3.63, 3.8) is 0 Å². The molecule has 0 saturated carbocycles. The largest absolute Gasteiger partial charge is 0.384 e. The van der Waals surface area contributed by atoms with Gasteiger partial charge < -0.3 is 5.73 Å². The summed E-state index contributed by atoms with van der Waals surface area (Å²) in [4.78, 5) is 0. The predicted molar refractivity (Wildman–Crippen MR) is 45.7 cm³/mol. The normalized spacial score (nSPS) is 10.3. The summed E-state index contributed by atoms with van der Waals surface area (Å²) in [6.07, 6.45) is 1.66. The van der Waals surface area contributed by atoms with Crippen LogP contribution in [-0.2, 0) is 6.54 Å². The lowest BCUT2D eigenvalue weighted by molar-refractivity contribution is 0.680. The van der Waals surface area contributed by atoms with E-state index in [4.69, 9.17) is 5.73 Å². The number of nitrogens with two attached hydrogens (primary N) is 1. The first-order valence-electron chi connectivity index (χ1n) is 3.39. The highest BCUT2D eigenvalue weighted by atomic mass is 32.1. The first-order chi connectivity index (χ1) is 5.86. The van der Waals surface area contributed by atoms with Gasteiger partial charge in [-0.25, -0.2) is 4.68 Å². The molecular weight excluding hydrogens is 174 g/mol. The maximum atomic E-state index is 5.61. The monoisotopic (exact) mass is 181 g/mol. The van der Waals surface area contributed by atoms with Crippen LogP contribution in [0, 0.1) is 0 Å². The van der Waals surface area contributed by atoms with E-state index in [0.717, 1.165) is 5.69 Å². The van der Waals surface area contributed by atoms with Crippen LogP contribution in [0.1, 0.15) is 5.69 Å². The molecule has 0 unspecified atom stereocenters. The van der Waals surface area contributed by atoms with Crippen LogP contribution >= 0.6 is 11.5 Å². The van der Waals surface area contributed by atoms with E-state index in [9.17, 15) is 0 Å². The first kappa shape index (κ1) is 7.23.